The van der Waals surface area contributed by atoms with Gasteiger partial charge < -0.3 is 14.5 Å². The fourth-order valence-electron chi connectivity index (χ4n) is 4.02. The lowest BCUT2D eigenvalue weighted by Gasteiger charge is -2.35. The van der Waals surface area contributed by atoms with Crippen LogP contribution >= 0.6 is 11.3 Å². The molecule has 0 spiro atoms. The second kappa shape index (κ2) is 7.35. The Morgan fingerprint density at radius 1 is 1.10 bits per heavy atom. The molecule has 10 heteroatoms. The number of thiazole rings is 1. The van der Waals surface area contributed by atoms with Gasteiger partial charge in [0.05, 0.1) is 29.0 Å². The average Bonchev–Trinajstić information content (AvgIpc) is 3.19. The minimum atomic E-state index is -3.02. The van der Waals surface area contributed by atoms with E-state index in [-0.39, 0.29) is 11.5 Å². The van der Waals surface area contributed by atoms with Crippen LogP contribution in [0.15, 0.2) is 18.2 Å². The number of hydrogen-bond donors (Lipinski definition) is 0. The molecule has 0 unspecified atom stereocenters. The van der Waals surface area contributed by atoms with Gasteiger partial charge in [0.15, 0.2) is 20.8 Å². The lowest BCUT2D eigenvalue weighted by atomic mass is 10.2. The molecule has 1 fully saturated rings. The van der Waals surface area contributed by atoms with Gasteiger partial charge in [-0.25, -0.2) is 13.4 Å². The lowest BCUT2D eigenvalue weighted by molar-refractivity contribution is 0.419. The number of piperazine rings is 1. The molecule has 0 radical (unpaired) electrons. The summed E-state index contributed by atoms with van der Waals surface area (Å²) >= 11 is 1.70. The first kappa shape index (κ1) is 19.5. The quantitative estimate of drug-likeness (QED) is 0.606. The van der Waals surface area contributed by atoms with Crippen LogP contribution in [-0.2, 0) is 22.0 Å². The van der Waals surface area contributed by atoms with Gasteiger partial charge in [0.2, 0.25) is 0 Å². The molecule has 0 aliphatic carbocycles. The topological polar surface area (TPSA) is 88.5 Å². The standard InChI is InChI=1S/C20H23N5O3S2/c1-13-3-4-16(28-2)18-19(13)29-20(21-18)25-8-6-24(7-9-25)17-11-14-12-30(26,27)10-5-15(14)22-23-17/h3-4,11H,5-10,12H2,1-2H3. The third kappa shape index (κ3) is 3.47. The molecule has 5 rings (SSSR count). The highest BCUT2D eigenvalue weighted by Crippen LogP contribution is 2.36. The summed E-state index contributed by atoms with van der Waals surface area (Å²) < 4.78 is 30.6. The second-order valence-corrected chi connectivity index (χ2v) is 10.9. The Morgan fingerprint density at radius 3 is 2.63 bits per heavy atom. The largest absolute Gasteiger partial charge is 0.494 e. The van der Waals surface area contributed by atoms with Gasteiger partial charge in [0.1, 0.15) is 11.3 Å². The Bertz CT molecular complexity index is 1220. The smallest absolute Gasteiger partial charge is 0.186 e. The van der Waals surface area contributed by atoms with Crippen LogP contribution in [0, 0.1) is 6.92 Å². The number of methoxy groups -OCH3 is 1. The molecule has 0 amide bonds. The summed E-state index contributed by atoms with van der Waals surface area (Å²) in [5.41, 5.74) is 3.72. The maximum atomic E-state index is 12.0. The van der Waals surface area contributed by atoms with Crippen molar-refractivity contribution < 1.29 is 13.2 Å². The predicted molar refractivity (Wildman–Crippen MR) is 119 cm³/mol. The number of aromatic nitrogens is 3. The molecule has 1 saturated heterocycles. The molecule has 30 heavy (non-hydrogen) atoms. The van der Waals surface area contributed by atoms with Crippen LogP contribution in [0.3, 0.4) is 0 Å². The first-order chi connectivity index (χ1) is 14.4. The van der Waals surface area contributed by atoms with Crippen molar-refractivity contribution in [3.63, 3.8) is 0 Å². The van der Waals surface area contributed by atoms with Crippen LogP contribution in [0.5, 0.6) is 5.75 Å². The van der Waals surface area contributed by atoms with Gasteiger partial charge >= 0.3 is 0 Å². The van der Waals surface area contributed by atoms with Gasteiger partial charge in [-0.3, -0.25) is 0 Å². The second-order valence-electron chi connectivity index (χ2n) is 7.75. The van der Waals surface area contributed by atoms with Crippen LogP contribution in [0.2, 0.25) is 0 Å². The van der Waals surface area contributed by atoms with Crippen LogP contribution in [0.4, 0.5) is 10.9 Å². The van der Waals surface area contributed by atoms with Gasteiger partial charge in [-0.2, -0.15) is 5.10 Å². The van der Waals surface area contributed by atoms with Crippen molar-refractivity contribution in [3.8, 4) is 5.75 Å². The maximum absolute atomic E-state index is 12.0. The van der Waals surface area contributed by atoms with Gasteiger partial charge in [0.25, 0.3) is 0 Å². The minimum Gasteiger partial charge on any atom is -0.494 e. The molecular weight excluding hydrogens is 422 g/mol. The molecule has 1 aromatic carbocycles. The molecule has 0 saturated carbocycles. The molecule has 0 N–H and O–H groups in total. The molecule has 3 aromatic rings. The Hall–Kier alpha value is -2.46. The molecule has 0 bridgehead atoms. The van der Waals surface area contributed by atoms with Crippen LogP contribution in [0.1, 0.15) is 16.8 Å². The highest BCUT2D eigenvalue weighted by molar-refractivity contribution is 7.90. The Kier molecular flexibility index (Phi) is 4.78. The van der Waals surface area contributed by atoms with Crippen LogP contribution in [0.25, 0.3) is 10.2 Å². The number of nitrogens with zero attached hydrogens (tertiary/aromatic N) is 5. The number of aryl methyl sites for hydroxylation is 2. The monoisotopic (exact) mass is 445 g/mol. The van der Waals surface area contributed by atoms with Crippen molar-refractivity contribution >= 4 is 42.3 Å². The molecule has 4 heterocycles. The minimum absolute atomic E-state index is 0.0672. The molecule has 0 atom stereocenters. The van der Waals surface area contributed by atoms with E-state index >= 15 is 0 Å². The zero-order valence-corrected chi connectivity index (χ0v) is 18.6. The molecular formula is C20H23N5O3S2. The fourth-order valence-corrected chi connectivity index (χ4v) is 6.50. The fraction of sp³-hybridized carbons (Fsp3) is 0.450. The van der Waals surface area contributed by atoms with Crippen LogP contribution < -0.4 is 14.5 Å². The number of benzene rings is 1. The Balaban J connectivity index is 1.34. The molecule has 8 nitrogen and oxygen atoms in total. The van der Waals surface area contributed by atoms with Gasteiger partial charge in [-0.15, -0.1) is 5.10 Å². The van der Waals surface area contributed by atoms with Gasteiger partial charge in [-0.05, 0) is 30.2 Å². The number of fused-ring (bicyclic) bond motifs is 2. The normalized spacial score (nSPS) is 18.5. The molecule has 2 aliphatic heterocycles. The lowest BCUT2D eigenvalue weighted by Crippen LogP contribution is -2.47. The zero-order valence-electron chi connectivity index (χ0n) is 17.0. The van der Waals surface area contributed by atoms with Crippen molar-refractivity contribution in [1.29, 1.82) is 0 Å². The summed E-state index contributed by atoms with van der Waals surface area (Å²) in [5, 5.41) is 9.66. The highest BCUT2D eigenvalue weighted by Gasteiger charge is 2.26. The number of ether oxygens (including phenoxy) is 1. The summed E-state index contributed by atoms with van der Waals surface area (Å²) in [6.07, 6.45) is 0.458. The third-order valence-corrected chi connectivity index (χ3v) is 8.59. The van der Waals surface area contributed by atoms with E-state index in [0.717, 1.165) is 64.4 Å². The number of anilines is 2. The average molecular weight is 446 g/mol. The van der Waals surface area contributed by atoms with Crippen molar-refractivity contribution in [3.05, 3.63) is 35.0 Å². The molecule has 2 aliphatic rings. The van der Waals surface area contributed by atoms with E-state index < -0.39 is 9.84 Å². The first-order valence-electron chi connectivity index (χ1n) is 9.93. The van der Waals surface area contributed by atoms with E-state index in [1.807, 2.05) is 12.1 Å². The predicted octanol–water partition coefficient (Wildman–Crippen LogP) is 2.20. The van der Waals surface area contributed by atoms with E-state index in [9.17, 15) is 8.42 Å². The molecule has 158 valence electrons. The van der Waals surface area contributed by atoms with Crippen molar-refractivity contribution in [2.75, 3.05) is 48.8 Å². The van der Waals surface area contributed by atoms with E-state index in [4.69, 9.17) is 9.72 Å². The van der Waals surface area contributed by atoms with E-state index in [1.54, 1.807) is 18.4 Å². The van der Waals surface area contributed by atoms with E-state index in [1.165, 1.54) is 5.56 Å². The zero-order chi connectivity index (χ0) is 20.9. The SMILES string of the molecule is COc1ccc(C)c2sc(N3CCN(c4cc5c(nn4)CCS(=O)(=O)C5)CC3)nc12. The Labute approximate surface area is 179 Å². The molecule has 2 aromatic heterocycles. The van der Waals surface area contributed by atoms with E-state index in [2.05, 4.69) is 33.0 Å². The van der Waals surface area contributed by atoms with Crippen molar-refractivity contribution in [1.82, 2.24) is 15.2 Å². The third-order valence-electron chi connectivity index (χ3n) is 5.76. The Morgan fingerprint density at radius 2 is 1.87 bits per heavy atom. The summed E-state index contributed by atoms with van der Waals surface area (Å²) in [4.78, 5) is 9.30. The summed E-state index contributed by atoms with van der Waals surface area (Å²) in [7, 11) is -1.35. The summed E-state index contributed by atoms with van der Waals surface area (Å²) in [5.74, 6) is 1.79. The number of rotatable bonds is 3. The van der Waals surface area contributed by atoms with Crippen LogP contribution in [-0.4, -0.2) is 62.6 Å². The van der Waals surface area contributed by atoms with E-state index in [0.29, 0.717) is 6.42 Å². The highest BCUT2D eigenvalue weighted by atomic mass is 32.2. The number of hydrogen-bond acceptors (Lipinski definition) is 9. The van der Waals surface area contributed by atoms with Crippen molar-refractivity contribution in [2.24, 2.45) is 0 Å². The van der Waals surface area contributed by atoms with Gasteiger partial charge in [-0.1, -0.05) is 17.4 Å². The van der Waals surface area contributed by atoms with Gasteiger partial charge in [0, 0.05) is 32.6 Å². The summed E-state index contributed by atoms with van der Waals surface area (Å²) in [6.45, 7) is 5.30. The number of sulfone groups is 1. The first-order valence-corrected chi connectivity index (χ1v) is 12.6. The summed E-state index contributed by atoms with van der Waals surface area (Å²) in [6, 6.07) is 5.94. The van der Waals surface area contributed by atoms with Crippen molar-refractivity contribution in [2.45, 2.75) is 19.1 Å². The maximum Gasteiger partial charge on any atom is 0.186 e.